The molecule has 1 amide bonds. The number of hydrogen-bond acceptors (Lipinski definition) is 6. The third-order valence-corrected chi connectivity index (χ3v) is 5.60. The van der Waals surface area contributed by atoms with Crippen LogP contribution in [-0.4, -0.2) is 89.9 Å². The molecule has 0 spiro atoms. The van der Waals surface area contributed by atoms with Crippen molar-refractivity contribution in [1.82, 2.24) is 30.3 Å². The lowest BCUT2D eigenvalue weighted by Gasteiger charge is -2.37. The number of aromatic nitrogens is 3. The van der Waals surface area contributed by atoms with E-state index in [1.165, 1.54) is 0 Å². The fourth-order valence-electron chi connectivity index (χ4n) is 3.85. The van der Waals surface area contributed by atoms with Crippen molar-refractivity contribution in [2.75, 3.05) is 46.9 Å². The van der Waals surface area contributed by atoms with Crippen LogP contribution in [0.25, 0.3) is 11.4 Å². The number of aliphatic imine (C=N–C) groups is 1. The summed E-state index contributed by atoms with van der Waals surface area (Å²) in [4.78, 5) is 25.5. The van der Waals surface area contributed by atoms with Gasteiger partial charge in [0.05, 0.1) is 13.7 Å². The number of nitrogens with zero attached hydrogens (tertiary/aromatic N) is 5. The highest BCUT2D eigenvalue weighted by Crippen LogP contribution is 2.19. The van der Waals surface area contributed by atoms with Crippen LogP contribution in [0.3, 0.4) is 0 Å². The Morgan fingerprint density at radius 1 is 1.26 bits per heavy atom. The van der Waals surface area contributed by atoms with Gasteiger partial charge in [-0.1, -0.05) is 0 Å². The second-order valence-electron chi connectivity index (χ2n) is 7.55. The van der Waals surface area contributed by atoms with Crippen LogP contribution in [0.2, 0.25) is 0 Å². The lowest BCUT2D eigenvalue weighted by atomic mass is 10.2. The maximum absolute atomic E-state index is 12.5. The fourth-order valence-corrected chi connectivity index (χ4v) is 3.85. The molecule has 0 saturated carbocycles. The molecule has 3 heterocycles. The molecule has 31 heavy (non-hydrogen) atoms. The Morgan fingerprint density at radius 2 is 2.00 bits per heavy atom. The van der Waals surface area contributed by atoms with Gasteiger partial charge in [0.2, 0.25) is 0 Å². The number of ether oxygens (including phenoxy) is 2. The second kappa shape index (κ2) is 9.78. The predicted octanol–water partition coefficient (Wildman–Crippen LogP) is 0.879. The van der Waals surface area contributed by atoms with Crippen molar-refractivity contribution in [3.8, 4) is 17.1 Å². The van der Waals surface area contributed by atoms with Crippen molar-refractivity contribution in [2.24, 2.45) is 4.99 Å². The van der Waals surface area contributed by atoms with Crippen molar-refractivity contribution in [1.29, 1.82) is 0 Å². The molecule has 2 aromatic rings. The summed E-state index contributed by atoms with van der Waals surface area (Å²) in [5.41, 5.74) is 0.916. The van der Waals surface area contributed by atoms with Crippen LogP contribution in [0.15, 0.2) is 29.3 Å². The molecule has 166 valence electrons. The summed E-state index contributed by atoms with van der Waals surface area (Å²) in [6, 6.07) is 7.62. The number of guanidine groups is 1. The number of hydrogen-bond donors (Lipinski definition) is 2. The van der Waals surface area contributed by atoms with Crippen molar-refractivity contribution < 1.29 is 14.3 Å². The van der Waals surface area contributed by atoms with Gasteiger partial charge in [0, 0.05) is 45.4 Å². The summed E-state index contributed by atoms with van der Waals surface area (Å²) in [5.74, 6) is 3.05. The lowest BCUT2D eigenvalue weighted by Crippen LogP contribution is -2.55. The van der Waals surface area contributed by atoms with E-state index in [1.807, 2.05) is 29.2 Å². The van der Waals surface area contributed by atoms with Gasteiger partial charge in [0.15, 0.2) is 11.8 Å². The molecule has 1 atom stereocenters. The molecule has 2 aliphatic rings. The molecular weight excluding hydrogens is 398 g/mol. The molecule has 1 aromatic carbocycles. The molecule has 0 aliphatic carbocycles. The van der Waals surface area contributed by atoms with Gasteiger partial charge in [0.1, 0.15) is 17.7 Å². The first-order valence-corrected chi connectivity index (χ1v) is 10.6. The summed E-state index contributed by atoms with van der Waals surface area (Å²) >= 11 is 0. The average Bonchev–Trinajstić information content (AvgIpc) is 3.52. The molecule has 10 heteroatoms. The Hall–Kier alpha value is -3.14. The zero-order chi connectivity index (χ0) is 21.6. The highest BCUT2D eigenvalue weighted by molar-refractivity contribution is 5.82. The second-order valence-corrected chi connectivity index (χ2v) is 7.55. The Labute approximate surface area is 181 Å². The molecule has 2 N–H and O–H groups in total. The summed E-state index contributed by atoms with van der Waals surface area (Å²) in [6.07, 6.45) is 1.54. The number of nitrogens with one attached hydrogen (secondary N) is 2. The number of rotatable bonds is 5. The zero-order valence-corrected chi connectivity index (χ0v) is 18.0. The Kier molecular flexibility index (Phi) is 6.66. The molecule has 2 saturated heterocycles. The monoisotopic (exact) mass is 427 g/mol. The number of carbonyl (C=O) groups excluding carboxylic acids is 1. The molecule has 4 rings (SSSR count). The molecule has 2 aliphatic heterocycles. The number of amides is 1. The van der Waals surface area contributed by atoms with E-state index in [9.17, 15) is 4.79 Å². The van der Waals surface area contributed by atoms with Gasteiger partial charge in [-0.25, -0.2) is 4.98 Å². The SMILES string of the molecule is CN=C(NCc1nc(-c2ccc(OC)cc2)n[nH]1)N1CCN(C(=O)C2CCCO2)CC1. The van der Waals surface area contributed by atoms with Crippen LogP contribution < -0.4 is 10.1 Å². The van der Waals surface area contributed by atoms with E-state index in [2.05, 4.69) is 30.4 Å². The van der Waals surface area contributed by atoms with Gasteiger partial charge in [-0.15, -0.1) is 0 Å². The number of H-pyrrole nitrogens is 1. The molecule has 1 unspecified atom stereocenters. The molecular formula is C21H29N7O3. The van der Waals surface area contributed by atoms with E-state index in [1.54, 1.807) is 14.2 Å². The van der Waals surface area contributed by atoms with Gasteiger partial charge in [-0.05, 0) is 37.1 Å². The molecule has 10 nitrogen and oxygen atoms in total. The third kappa shape index (κ3) is 4.96. The van der Waals surface area contributed by atoms with Gasteiger partial charge < -0.3 is 24.6 Å². The Morgan fingerprint density at radius 3 is 2.65 bits per heavy atom. The number of aromatic amines is 1. The van der Waals surface area contributed by atoms with Crippen molar-refractivity contribution in [3.05, 3.63) is 30.1 Å². The smallest absolute Gasteiger partial charge is 0.251 e. The van der Waals surface area contributed by atoms with Gasteiger partial charge >= 0.3 is 0 Å². The number of benzene rings is 1. The van der Waals surface area contributed by atoms with E-state index < -0.39 is 0 Å². The standard InChI is InChI=1S/C21H29N7O3/c1-22-21(28-11-9-27(10-12-28)20(29)17-4-3-13-31-17)23-14-18-24-19(26-25-18)15-5-7-16(30-2)8-6-15/h5-8,17H,3-4,9-14H2,1-2H3,(H,22,23)(H,24,25,26). The zero-order valence-electron chi connectivity index (χ0n) is 18.0. The molecule has 0 radical (unpaired) electrons. The molecule has 1 aromatic heterocycles. The summed E-state index contributed by atoms with van der Waals surface area (Å²) < 4.78 is 10.7. The van der Waals surface area contributed by atoms with Crippen molar-refractivity contribution >= 4 is 11.9 Å². The summed E-state index contributed by atoms with van der Waals surface area (Å²) in [6.45, 7) is 3.96. The van der Waals surface area contributed by atoms with Crippen LogP contribution in [0.1, 0.15) is 18.7 Å². The van der Waals surface area contributed by atoms with E-state index in [0.29, 0.717) is 32.1 Å². The van der Waals surface area contributed by atoms with Crippen molar-refractivity contribution in [2.45, 2.75) is 25.5 Å². The van der Waals surface area contributed by atoms with E-state index in [0.717, 1.165) is 49.0 Å². The predicted molar refractivity (Wildman–Crippen MR) is 116 cm³/mol. The van der Waals surface area contributed by atoms with Crippen molar-refractivity contribution in [3.63, 3.8) is 0 Å². The van der Waals surface area contributed by atoms with Crippen LogP contribution in [0.5, 0.6) is 5.75 Å². The van der Waals surface area contributed by atoms with Gasteiger partial charge in [0.25, 0.3) is 5.91 Å². The fraction of sp³-hybridized carbons (Fsp3) is 0.524. The first kappa shape index (κ1) is 21.1. The van der Waals surface area contributed by atoms with E-state index in [-0.39, 0.29) is 12.0 Å². The van der Waals surface area contributed by atoms with Crippen LogP contribution in [0.4, 0.5) is 0 Å². The minimum atomic E-state index is -0.254. The highest BCUT2D eigenvalue weighted by atomic mass is 16.5. The van der Waals surface area contributed by atoms with E-state index >= 15 is 0 Å². The first-order valence-electron chi connectivity index (χ1n) is 10.6. The number of piperazine rings is 1. The Balaban J connectivity index is 1.28. The average molecular weight is 428 g/mol. The number of methoxy groups -OCH3 is 1. The van der Waals surface area contributed by atoms with Gasteiger partial charge in [-0.2, -0.15) is 5.10 Å². The third-order valence-electron chi connectivity index (χ3n) is 5.60. The normalized spacial score (nSPS) is 19.5. The minimum Gasteiger partial charge on any atom is -0.497 e. The largest absolute Gasteiger partial charge is 0.497 e. The van der Waals surface area contributed by atoms with Crippen LogP contribution >= 0.6 is 0 Å². The molecule has 0 bridgehead atoms. The topological polar surface area (TPSA) is 108 Å². The van der Waals surface area contributed by atoms with Crippen LogP contribution in [-0.2, 0) is 16.1 Å². The first-order chi connectivity index (χ1) is 15.2. The number of carbonyl (C=O) groups is 1. The summed E-state index contributed by atoms with van der Waals surface area (Å²) in [7, 11) is 3.40. The van der Waals surface area contributed by atoms with Gasteiger partial charge in [-0.3, -0.25) is 14.9 Å². The van der Waals surface area contributed by atoms with E-state index in [4.69, 9.17) is 9.47 Å². The lowest BCUT2D eigenvalue weighted by molar-refractivity contribution is -0.142. The minimum absolute atomic E-state index is 0.118. The maximum atomic E-state index is 12.5. The molecule has 2 fully saturated rings. The highest BCUT2D eigenvalue weighted by Gasteiger charge is 2.30. The Bertz CT molecular complexity index is 898. The summed E-state index contributed by atoms with van der Waals surface area (Å²) in [5, 5.41) is 10.6. The van der Waals surface area contributed by atoms with Crippen LogP contribution in [0, 0.1) is 0 Å². The quantitative estimate of drug-likeness (QED) is 0.539. The maximum Gasteiger partial charge on any atom is 0.251 e.